The Morgan fingerprint density at radius 2 is 0.900 bits per heavy atom. The van der Waals surface area contributed by atoms with Gasteiger partial charge in [-0.3, -0.25) is 0 Å². The Morgan fingerprint density at radius 1 is 0.550 bits per heavy atom. The van der Waals surface area contributed by atoms with Crippen LogP contribution in [0.1, 0.15) is 52.7 Å². The summed E-state index contributed by atoms with van der Waals surface area (Å²) in [5.74, 6) is 0.615. The van der Waals surface area contributed by atoms with Crippen molar-refractivity contribution >= 4 is 45.3 Å². The van der Waals surface area contributed by atoms with Crippen LogP contribution in [0.25, 0.3) is 11.1 Å². The average molecular weight is 677 g/mol. The molecule has 40 heavy (non-hydrogen) atoms. The van der Waals surface area contributed by atoms with Crippen LogP contribution in [0.3, 0.4) is 0 Å². The molecule has 0 saturated heterocycles. The van der Waals surface area contributed by atoms with E-state index in [1.165, 1.54) is 66.9 Å². The van der Waals surface area contributed by atoms with Crippen LogP contribution in [-0.2, 0) is 23.2 Å². The summed E-state index contributed by atoms with van der Waals surface area (Å²) in [6.07, 6.45) is 0. The van der Waals surface area contributed by atoms with E-state index in [9.17, 15) is 0 Å². The molecular weight excluding hydrogens is 647 g/mol. The van der Waals surface area contributed by atoms with Crippen molar-refractivity contribution in [3.05, 3.63) is 123 Å². The molecule has 4 aliphatic carbocycles. The van der Waals surface area contributed by atoms with Gasteiger partial charge in [-0.05, 0) is 0 Å². The molecule has 5 heteroatoms. The van der Waals surface area contributed by atoms with E-state index in [2.05, 4.69) is 102 Å². The molecule has 7 rings (SSSR count). The second-order valence-electron chi connectivity index (χ2n) is 11.7. The van der Waals surface area contributed by atoms with E-state index >= 15 is 0 Å². The number of rotatable bonds is 2. The monoisotopic (exact) mass is 674 g/mol. The van der Waals surface area contributed by atoms with Crippen molar-refractivity contribution in [2.75, 3.05) is 0 Å². The Morgan fingerprint density at radius 3 is 1.25 bits per heavy atom. The fraction of sp³-hybridized carbons (Fsp3) is 0.257. The first-order valence-corrected chi connectivity index (χ1v) is 16.7. The molecule has 0 amide bonds. The molecule has 5 aliphatic rings. The zero-order chi connectivity index (χ0) is 26.7. The number of benzene rings is 2. The predicted molar refractivity (Wildman–Crippen MR) is 163 cm³/mol. The van der Waals surface area contributed by atoms with Crippen molar-refractivity contribution in [2.45, 2.75) is 41.5 Å². The molecule has 4 bridgehead atoms. The molecule has 0 aromatic heterocycles. The molecular formula is C35H30Cl2S2Zr. The van der Waals surface area contributed by atoms with Gasteiger partial charge in [0.05, 0.1) is 0 Å². The standard InChI is InChI=1S/C35H30S2.2ClH.Zr/c1-19-17-25-27(33(19)36)21(3)31(29(25)23-13-9-7-10-14-23)35(5,6)32-22(4)28-26(18-20(2)34(28)37)30(32)24-15-11-8-12-16-24;;;/h7-16,25-26H,1-6H3;2*1H;/q;;;+2/p-2. The fourth-order valence-electron chi connectivity index (χ4n) is 8.02. The number of hydrogen-bond donors (Lipinski definition) is 0. The molecule has 0 radical (unpaired) electrons. The molecule has 1 aliphatic heterocycles. The third kappa shape index (κ3) is 3.77. The van der Waals surface area contributed by atoms with E-state index in [0.29, 0.717) is 11.8 Å². The van der Waals surface area contributed by atoms with Gasteiger partial charge in [-0.25, -0.2) is 0 Å². The van der Waals surface area contributed by atoms with Gasteiger partial charge >= 0.3 is 250 Å². The van der Waals surface area contributed by atoms with Crippen LogP contribution in [0.4, 0.5) is 0 Å². The van der Waals surface area contributed by atoms with E-state index in [1.807, 2.05) is 0 Å². The summed E-state index contributed by atoms with van der Waals surface area (Å²) >= 11 is 11.3. The van der Waals surface area contributed by atoms with Gasteiger partial charge in [0.25, 0.3) is 0 Å². The van der Waals surface area contributed by atoms with Crippen LogP contribution in [-0.4, -0.2) is 9.73 Å². The summed E-state index contributed by atoms with van der Waals surface area (Å²) in [5.41, 5.74) is 16.8. The van der Waals surface area contributed by atoms with Gasteiger partial charge in [0.15, 0.2) is 0 Å². The summed E-state index contributed by atoms with van der Waals surface area (Å²) in [4.78, 5) is 2.22. The van der Waals surface area contributed by atoms with Gasteiger partial charge in [-0.1, -0.05) is 0 Å². The smallest absolute Gasteiger partial charge is 1.00 e. The van der Waals surface area contributed by atoms with Crippen molar-refractivity contribution < 1.29 is 48.0 Å². The van der Waals surface area contributed by atoms with Crippen molar-refractivity contribution in [3.63, 3.8) is 0 Å². The topological polar surface area (TPSA) is 0 Å². The number of halogens is 2. The summed E-state index contributed by atoms with van der Waals surface area (Å²) in [6.45, 7) is 14.2. The maximum atomic E-state index is 6.24. The second kappa shape index (κ2) is 10.4. The molecule has 200 valence electrons. The first-order chi connectivity index (χ1) is 18.2. The van der Waals surface area contributed by atoms with E-state index in [-0.39, 0.29) is 30.2 Å². The first-order valence-electron chi connectivity index (χ1n) is 13.5. The molecule has 0 fully saturated rings. The molecule has 0 nitrogen and oxygen atoms in total. The van der Waals surface area contributed by atoms with Gasteiger partial charge in [0.2, 0.25) is 0 Å². The van der Waals surface area contributed by atoms with Crippen LogP contribution in [0.5, 0.6) is 0 Å². The SMILES string of the molecule is CC1=[C]2[Zr+2][C]3=C(C)C(=S)C4=C(C)C(=C(c5ccccc5)C34)C(C)(C)C3=C(c4ccccc4)C2C(=C3C)C1=S.[Cl-].[Cl-]. The molecule has 2 aromatic rings. The molecule has 0 spiro atoms. The molecule has 2 unspecified atom stereocenters. The van der Waals surface area contributed by atoms with E-state index in [4.69, 9.17) is 24.4 Å². The minimum atomic E-state index is -1.19. The van der Waals surface area contributed by atoms with Crippen LogP contribution < -0.4 is 24.8 Å². The minimum Gasteiger partial charge on any atom is -1.00 e. The summed E-state index contributed by atoms with van der Waals surface area (Å²) in [7, 11) is 0. The van der Waals surface area contributed by atoms with Gasteiger partial charge in [-0.2, -0.15) is 0 Å². The Hall–Kier alpha value is -1.48. The fourth-order valence-corrected chi connectivity index (χ4v) is 13.6. The van der Waals surface area contributed by atoms with Gasteiger partial charge in [0, 0.05) is 0 Å². The number of hydrogen-bond acceptors (Lipinski definition) is 2. The second-order valence-corrected chi connectivity index (χ2v) is 15.8. The summed E-state index contributed by atoms with van der Waals surface area (Å²) < 4.78 is 3.30. The minimum absolute atomic E-state index is 0. The van der Waals surface area contributed by atoms with Crippen molar-refractivity contribution in [3.8, 4) is 0 Å². The Bertz CT molecular complexity index is 1590. The van der Waals surface area contributed by atoms with Crippen LogP contribution in [0.15, 0.2) is 112 Å². The van der Waals surface area contributed by atoms with Crippen molar-refractivity contribution in [2.24, 2.45) is 17.3 Å². The summed E-state index contributed by atoms with van der Waals surface area (Å²) in [5, 5.41) is 0. The molecule has 0 saturated carbocycles. The van der Waals surface area contributed by atoms with Gasteiger partial charge in [0.1, 0.15) is 0 Å². The Kier molecular flexibility index (Phi) is 7.77. The Labute approximate surface area is 272 Å². The summed E-state index contributed by atoms with van der Waals surface area (Å²) in [6, 6.07) is 22.3. The number of allylic oxidation sites excluding steroid dienone is 12. The molecule has 2 aromatic carbocycles. The van der Waals surface area contributed by atoms with Gasteiger partial charge in [-0.15, -0.1) is 0 Å². The van der Waals surface area contributed by atoms with E-state index in [0.717, 1.165) is 9.73 Å². The predicted octanol–water partition coefficient (Wildman–Crippen LogP) is 3.23. The van der Waals surface area contributed by atoms with Crippen LogP contribution in [0.2, 0.25) is 0 Å². The first kappa shape index (κ1) is 30.0. The van der Waals surface area contributed by atoms with Crippen LogP contribution >= 0.6 is 24.4 Å². The normalized spacial score (nSPS) is 24.1. The largest absolute Gasteiger partial charge is 1.00 e. The molecule has 1 heterocycles. The van der Waals surface area contributed by atoms with E-state index < -0.39 is 23.2 Å². The zero-order valence-corrected chi connectivity index (χ0v) is 29.1. The van der Waals surface area contributed by atoms with Crippen molar-refractivity contribution in [1.29, 1.82) is 0 Å². The average Bonchev–Trinajstić information content (AvgIpc) is 3.55. The third-order valence-corrected chi connectivity index (χ3v) is 15.1. The molecule has 2 atom stereocenters. The third-order valence-electron chi connectivity index (χ3n) is 9.50. The maximum Gasteiger partial charge on any atom is -1.00 e. The maximum absolute atomic E-state index is 6.24. The molecule has 0 N–H and O–H groups in total. The quantitative estimate of drug-likeness (QED) is 0.449. The van der Waals surface area contributed by atoms with Crippen molar-refractivity contribution in [1.82, 2.24) is 0 Å². The zero-order valence-electron chi connectivity index (χ0n) is 23.5. The van der Waals surface area contributed by atoms with Gasteiger partial charge < -0.3 is 24.8 Å². The Balaban J connectivity index is 0.00000161. The number of thiocarbonyl (C=S) groups is 2. The van der Waals surface area contributed by atoms with Crippen LogP contribution in [0, 0.1) is 17.3 Å². The van der Waals surface area contributed by atoms with E-state index in [1.54, 1.807) is 6.56 Å².